The van der Waals surface area contributed by atoms with Crippen molar-refractivity contribution in [3.8, 4) is 11.5 Å². The molecule has 0 aromatic carbocycles. The highest BCUT2D eigenvalue weighted by atomic mass is 16.4. The number of nitrogens with zero attached hydrogens (tertiary/aromatic N) is 2. The van der Waals surface area contributed by atoms with E-state index in [0.29, 0.717) is 11.5 Å². The van der Waals surface area contributed by atoms with Crippen molar-refractivity contribution in [3.05, 3.63) is 29.7 Å². The number of carbonyl (C=O) groups is 1. The topological polar surface area (TPSA) is 68.3 Å². The van der Waals surface area contributed by atoms with Gasteiger partial charge in [0.2, 0.25) is 0 Å². The van der Waals surface area contributed by atoms with E-state index in [9.17, 15) is 4.79 Å². The molecule has 2 aromatic heterocycles. The first kappa shape index (κ1) is 10.5. The van der Waals surface area contributed by atoms with Crippen LogP contribution in [0.25, 0.3) is 11.5 Å². The number of carboxylic acid groups (broad SMARTS) is 1. The Kier molecular flexibility index (Phi) is 2.52. The molecule has 2 rings (SSSR count). The lowest BCUT2D eigenvalue weighted by molar-refractivity contribution is -0.136. The van der Waals surface area contributed by atoms with Gasteiger partial charge in [-0.25, -0.2) is 0 Å². The van der Waals surface area contributed by atoms with Crippen molar-refractivity contribution in [2.45, 2.75) is 13.3 Å². The van der Waals surface area contributed by atoms with Crippen LogP contribution in [0.15, 0.2) is 22.6 Å². The van der Waals surface area contributed by atoms with E-state index < -0.39 is 5.97 Å². The quantitative estimate of drug-likeness (QED) is 0.853. The van der Waals surface area contributed by atoms with Gasteiger partial charge in [-0.3, -0.25) is 9.48 Å². The number of carboxylic acids is 1. The monoisotopic (exact) mass is 220 g/mol. The van der Waals surface area contributed by atoms with Crippen molar-refractivity contribution < 1.29 is 14.3 Å². The van der Waals surface area contributed by atoms with Crippen LogP contribution >= 0.6 is 0 Å². The summed E-state index contributed by atoms with van der Waals surface area (Å²) in [5.74, 6) is 0.625. The second-order valence-electron chi connectivity index (χ2n) is 3.63. The van der Waals surface area contributed by atoms with Crippen LogP contribution in [0.3, 0.4) is 0 Å². The molecule has 0 spiro atoms. The summed E-state index contributed by atoms with van der Waals surface area (Å²) >= 11 is 0. The molecule has 1 N–H and O–H groups in total. The largest absolute Gasteiger partial charge is 0.481 e. The van der Waals surface area contributed by atoms with E-state index in [4.69, 9.17) is 9.52 Å². The normalized spacial score (nSPS) is 10.6. The third kappa shape index (κ3) is 1.98. The van der Waals surface area contributed by atoms with E-state index in [-0.39, 0.29) is 6.42 Å². The van der Waals surface area contributed by atoms with Crippen LogP contribution in [0.4, 0.5) is 0 Å². The predicted molar refractivity (Wildman–Crippen MR) is 57.0 cm³/mol. The van der Waals surface area contributed by atoms with Gasteiger partial charge in [-0.05, 0) is 25.1 Å². The lowest BCUT2D eigenvalue weighted by Gasteiger charge is -1.95. The maximum atomic E-state index is 10.6. The SMILES string of the molecule is Cc1ccc(-c2cc(CC(=O)O)nn2C)o1. The number of rotatable bonds is 3. The number of aryl methyl sites for hydroxylation is 2. The summed E-state index contributed by atoms with van der Waals surface area (Å²) in [5.41, 5.74) is 1.31. The Morgan fingerprint density at radius 1 is 1.56 bits per heavy atom. The zero-order valence-corrected chi connectivity index (χ0v) is 9.10. The first-order valence-corrected chi connectivity index (χ1v) is 4.88. The van der Waals surface area contributed by atoms with Crippen molar-refractivity contribution in [2.75, 3.05) is 0 Å². The first-order valence-electron chi connectivity index (χ1n) is 4.88. The fourth-order valence-corrected chi connectivity index (χ4v) is 1.57. The van der Waals surface area contributed by atoms with Gasteiger partial charge in [0.05, 0.1) is 12.1 Å². The molecule has 0 saturated carbocycles. The number of furan rings is 1. The number of aliphatic carboxylic acids is 1. The third-order valence-electron chi connectivity index (χ3n) is 2.26. The number of aromatic nitrogens is 2. The van der Waals surface area contributed by atoms with Crippen LogP contribution in [0.2, 0.25) is 0 Å². The maximum absolute atomic E-state index is 10.6. The molecule has 0 radical (unpaired) electrons. The molecule has 0 aliphatic carbocycles. The zero-order chi connectivity index (χ0) is 11.7. The highest BCUT2D eigenvalue weighted by molar-refractivity contribution is 5.70. The van der Waals surface area contributed by atoms with E-state index in [1.54, 1.807) is 17.8 Å². The van der Waals surface area contributed by atoms with Crippen molar-refractivity contribution in [1.82, 2.24) is 9.78 Å². The standard InChI is InChI=1S/C11H12N2O3/c1-7-3-4-10(16-7)9-5-8(6-11(14)15)12-13(9)2/h3-5H,6H2,1-2H3,(H,14,15). The average molecular weight is 220 g/mol. The molecule has 0 fully saturated rings. The Hall–Kier alpha value is -2.04. The average Bonchev–Trinajstić information content (AvgIpc) is 2.72. The van der Waals surface area contributed by atoms with Gasteiger partial charge in [0.25, 0.3) is 0 Å². The molecular formula is C11H12N2O3. The van der Waals surface area contributed by atoms with Crippen molar-refractivity contribution in [3.63, 3.8) is 0 Å². The smallest absolute Gasteiger partial charge is 0.309 e. The Labute approximate surface area is 92.3 Å². The molecule has 84 valence electrons. The molecule has 2 heterocycles. The van der Waals surface area contributed by atoms with Crippen molar-refractivity contribution >= 4 is 5.97 Å². The van der Waals surface area contributed by atoms with E-state index in [0.717, 1.165) is 11.5 Å². The van der Waals surface area contributed by atoms with E-state index in [1.807, 2.05) is 19.1 Å². The van der Waals surface area contributed by atoms with Crippen molar-refractivity contribution in [1.29, 1.82) is 0 Å². The molecule has 5 heteroatoms. The highest BCUT2D eigenvalue weighted by Crippen LogP contribution is 2.22. The number of hydrogen-bond acceptors (Lipinski definition) is 3. The molecule has 0 atom stereocenters. The molecule has 0 unspecified atom stereocenters. The summed E-state index contributed by atoms with van der Waals surface area (Å²) in [6, 6.07) is 5.43. The Morgan fingerprint density at radius 2 is 2.31 bits per heavy atom. The Bertz CT molecular complexity index is 525. The van der Waals surface area contributed by atoms with Crippen molar-refractivity contribution in [2.24, 2.45) is 7.05 Å². The number of hydrogen-bond donors (Lipinski definition) is 1. The third-order valence-corrected chi connectivity index (χ3v) is 2.26. The van der Waals surface area contributed by atoms with E-state index in [1.165, 1.54) is 0 Å². The summed E-state index contributed by atoms with van der Waals surface area (Å²) < 4.78 is 7.08. The molecule has 2 aromatic rings. The summed E-state index contributed by atoms with van der Waals surface area (Å²) in [6.45, 7) is 1.86. The van der Waals surface area contributed by atoms with Crippen LogP contribution in [-0.4, -0.2) is 20.9 Å². The van der Waals surface area contributed by atoms with E-state index >= 15 is 0 Å². The predicted octanol–water partition coefficient (Wildman–Crippen LogP) is 1.62. The van der Waals surface area contributed by atoms with Crippen LogP contribution in [0, 0.1) is 6.92 Å². The van der Waals surface area contributed by atoms with Gasteiger partial charge < -0.3 is 9.52 Å². The van der Waals surface area contributed by atoms with Gasteiger partial charge >= 0.3 is 5.97 Å². The lowest BCUT2D eigenvalue weighted by atomic mass is 10.2. The molecular weight excluding hydrogens is 208 g/mol. The summed E-state index contributed by atoms with van der Waals surface area (Å²) in [4.78, 5) is 10.6. The summed E-state index contributed by atoms with van der Waals surface area (Å²) in [6.07, 6.45) is -0.0759. The molecule has 0 saturated heterocycles. The summed E-state index contributed by atoms with van der Waals surface area (Å²) in [5, 5.41) is 12.8. The second kappa shape index (κ2) is 3.84. The minimum Gasteiger partial charge on any atom is -0.481 e. The molecule has 0 aliphatic rings. The van der Waals surface area contributed by atoms with Crippen LogP contribution < -0.4 is 0 Å². The van der Waals surface area contributed by atoms with Crippen LogP contribution in [0.5, 0.6) is 0 Å². The second-order valence-corrected chi connectivity index (χ2v) is 3.63. The molecule has 5 nitrogen and oxygen atoms in total. The van der Waals surface area contributed by atoms with Gasteiger partial charge in [0.1, 0.15) is 11.5 Å². The van der Waals surface area contributed by atoms with Gasteiger partial charge in [0.15, 0.2) is 5.76 Å². The van der Waals surface area contributed by atoms with Gasteiger partial charge in [-0.15, -0.1) is 0 Å². The molecule has 0 bridgehead atoms. The lowest BCUT2D eigenvalue weighted by Crippen LogP contribution is -2.01. The Balaban J connectivity index is 2.35. The summed E-state index contributed by atoms with van der Waals surface area (Å²) in [7, 11) is 1.76. The van der Waals surface area contributed by atoms with Crippen LogP contribution in [-0.2, 0) is 18.3 Å². The van der Waals surface area contributed by atoms with Crippen LogP contribution in [0.1, 0.15) is 11.5 Å². The molecule has 0 amide bonds. The zero-order valence-electron chi connectivity index (χ0n) is 9.10. The van der Waals surface area contributed by atoms with Gasteiger partial charge in [-0.2, -0.15) is 5.10 Å². The molecule has 0 aliphatic heterocycles. The van der Waals surface area contributed by atoms with E-state index in [2.05, 4.69) is 5.10 Å². The maximum Gasteiger partial charge on any atom is 0.309 e. The Morgan fingerprint density at radius 3 is 2.88 bits per heavy atom. The van der Waals surface area contributed by atoms with Gasteiger partial charge in [-0.1, -0.05) is 0 Å². The van der Waals surface area contributed by atoms with Gasteiger partial charge in [0, 0.05) is 7.05 Å². The molecule has 16 heavy (non-hydrogen) atoms. The fourth-order valence-electron chi connectivity index (χ4n) is 1.57. The minimum absolute atomic E-state index is 0.0759. The minimum atomic E-state index is -0.889. The highest BCUT2D eigenvalue weighted by Gasteiger charge is 2.12. The fraction of sp³-hybridized carbons (Fsp3) is 0.273. The first-order chi connectivity index (χ1) is 7.56.